The average Bonchev–Trinajstić information content (AvgIpc) is 2.36. The minimum atomic E-state index is -4.55. The van der Waals surface area contributed by atoms with E-state index in [9.17, 15) is 18.0 Å². The lowest BCUT2D eigenvalue weighted by molar-refractivity contribution is -0.139. The van der Waals surface area contributed by atoms with Gasteiger partial charge in [-0.2, -0.15) is 13.2 Å². The van der Waals surface area contributed by atoms with Crippen LogP contribution in [0.3, 0.4) is 0 Å². The second-order valence-corrected chi connectivity index (χ2v) is 4.06. The molecule has 0 fully saturated rings. The standard InChI is InChI=1S/C13H15F3O4/c1-19-6-7-20-11-4-2-9(3-5-12(17)18)8-10(11)13(14,15)16/h2,4,8H,3,5-7H2,1H3,(H,17,18). The van der Waals surface area contributed by atoms with Gasteiger partial charge in [0, 0.05) is 13.5 Å². The number of carboxylic acid groups (broad SMARTS) is 1. The summed E-state index contributed by atoms with van der Waals surface area (Å²) >= 11 is 0. The van der Waals surface area contributed by atoms with Gasteiger partial charge in [-0.25, -0.2) is 0 Å². The molecular formula is C13H15F3O4. The molecule has 112 valence electrons. The highest BCUT2D eigenvalue weighted by Crippen LogP contribution is 2.37. The van der Waals surface area contributed by atoms with E-state index in [1.807, 2.05) is 0 Å². The summed E-state index contributed by atoms with van der Waals surface area (Å²) in [4.78, 5) is 10.4. The number of halogens is 3. The Labute approximate surface area is 114 Å². The Balaban J connectivity index is 2.92. The quantitative estimate of drug-likeness (QED) is 0.785. The highest BCUT2D eigenvalue weighted by molar-refractivity contribution is 5.67. The molecule has 1 aromatic carbocycles. The smallest absolute Gasteiger partial charge is 0.419 e. The topological polar surface area (TPSA) is 55.8 Å². The van der Waals surface area contributed by atoms with Crippen molar-refractivity contribution in [2.24, 2.45) is 0 Å². The predicted octanol–water partition coefficient (Wildman–Crippen LogP) is 2.75. The van der Waals surface area contributed by atoms with Gasteiger partial charge < -0.3 is 14.6 Å². The van der Waals surface area contributed by atoms with Gasteiger partial charge in [0.15, 0.2) is 0 Å². The van der Waals surface area contributed by atoms with Gasteiger partial charge >= 0.3 is 12.1 Å². The minimum absolute atomic E-state index is 0.00799. The molecule has 4 nitrogen and oxygen atoms in total. The first-order chi connectivity index (χ1) is 9.34. The maximum absolute atomic E-state index is 12.9. The summed E-state index contributed by atoms with van der Waals surface area (Å²) in [6, 6.07) is 3.56. The third-order valence-corrected chi connectivity index (χ3v) is 2.52. The number of alkyl halides is 3. The number of aryl methyl sites for hydroxylation is 1. The van der Waals surface area contributed by atoms with Crippen molar-refractivity contribution in [3.05, 3.63) is 29.3 Å². The van der Waals surface area contributed by atoms with Crippen molar-refractivity contribution in [1.82, 2.24) is 0 Å². The molecule has 0 aliphatic rings. The van der Waals surface area contributed by atoms with Gasteiger partial charge in [0.2, 0.25) is 0 Å². The van der Waals surface area contributed by atoms with E-state index in [2.05, 4.69) is 0 Å². The van der Waals surface area contributed by atoms with Crippen LogP contribution in [0, 0.1) is 0 Å². The lowest BCUT2D eigenvalue weighted by Gasteiger charge is -2.15. The number of rotatable bonds is 7. The van der Waals surface area contributed by atoms with Crippen LogP contribution < -0.4 is 4.74 Å². The van der Waals surface area contributed by atoms with Gasteiger partial charge in [0.1, 0.15) is 12.4 Å². The third kappa shape index (κ3) is 5.08. The zero-order chi connectivity index (χ0) is 15.2. The van der Waals surface area contributed by atoms with Gasteiger partial charge in [-0.05, 0) is 24.1 Å². The Bertz CT molecular complexity index is 457. The summed E-state index contributed by atoms with van der Waals surface area (Å²) in [7, 11) is 1.42. The molecule has 0 aliphatic heterocycles. The molecule has 0 aromatic heterocycles. The molecule has 0 spiro atoms. The fraction of sp³-hybridized carbons (Fsp3) is 0.462. The van der Waals surface area contributed by atoms with Gasteiger partial charge in [0.05, 0.1) is 12.2 Å². The van der Waals surface area contributed by atoms with Crippen LogP contribution >= 0.6 is 0 Å². The normalized spacial score (nSPS) is 11.4. The van der Waals surface area contributed by atoms with Crippen LogP contribution in [0.2, 0.25) is 0 Å². The number of hydrogen-bond donors (Lipinski definition) is 1. The fourth-order valence-corrected chi connectivity index (χ4v) is 1.57. The van der Waals surface area contributed by atoms with Crippen molar-refractivity contribution >= 4 is 5.97 Å². The van der Waals surface area contributed by atoms with Gasteiger partial charge in [-0.1, -0.05) is 6.07 Å². The van der Waals surface area contributed by atoms with Crippen molar-refractivity contribution in [3.8, 4) is 5.75 Å². The van der Waals surface area contributed by atoms with Gasteiger partial charge in [-0.3, -0.25) is 4.79 Å². The Hall–Kier alpha value is -1.76. The van der Waals surface area contributed by atoms with Crippen LogP contribution in [-0.4, -0.2) is 31.4 Å². The average molecular weight is 292 g/mol. The van der Waals surface area contributed by atoms with E-state index >= 15 is 0 Å². The molecule has 1 N–H and O–H groups in total. The summed E-state index contributed by atoms with van der Waals surface area (Å²) in [5.74, 6) is -1.34. The summed E-state index contributed by atoms with van der Waals surface area (Å²) < 4.78 is 48.5. The molecule has 0 radical (unpaired) electrons. The maximum atomic E-state index is 12.9. The van der Waals surface area contributed by atoms with Crippen LogP contribution in [0.15, 0.2) is 18.2 Å². The first kappa shape index (κ1) is 16.3. The fourth-order valence-electron chi connectivity index (χ4n) is 1.57. The first-order valence-electron chi connectivity index (χ1n) is 5.88. The van der Waals surface area contributed by atoms with Crippen LogP contribution in [0.4, 0.5) is 13.2 Å². The van der Waals surface area contributed by atoms with Gasteiger partial charge in [0.25, 0.3) is 0 Å². The van der Waals surface area contributed by atoms with Crippen molar-refractivity contribution < 1.29 is 32.5 Å². The Morgan fingerprint density at radius 1 is 1.30 bits per heavy atom. The number of hydrogen-bond acceptors (Lipinski definition) is 3. The van der Waals surface area contributed by atoms with E-state index in [0.29, 0.717) is 5.56 Å². The zero-order valence-electron chi connectivity index (χ0n) is 10.9. The van der Waals surface area contributed by atoms with Crippen molar-refractivity contribution in [2.75, 3.05) is 20.3 Å². The summed E-state index contributed by atoms with van der Waals surface area (Å²) in [5.41, 5.74) is -0.602. The van der Waals surface area contributed by atoms with Crippen LogP contribution in [-0.2, 0) is 22.1 Å². The molecule has 0 atom stereocenters. The van der Waals surface area contributed by atoms with E-state index in [-0.39, 0.29) is 31.8 Å². The molecule has 0 amide bonds. The molecule has 1 aromatic rings. The monoisotopic (exact) mass is 292 g/mol. The molecule has 0 saturated carbocycles. The van der Waals surface area contributed by atoms with E-state index in [0.717, 1.165) is 6.07 Å². The van der Waals surface area contributed by atoms with Crippen LogP contribution in [0.5, 0.6) is 5.75 Å². The molecule has 0 saturated heterocycles. The molecule has 0 unspecified atom stereocenters. The van der Waals surface area contributed by atoms with Crippen LogP contribution in [0.1, 0.15) is 17.5 Å². The number of benzene rings is 1. The largest absolute Gasteiger partial charge is 0.491 e. The first-order valence-corrected chi connectivity index (χ1v) is 5.88. The van der Waals surface area contributed by atoms with Crippen molar-refractivity contribution in [3.63, 3.8) is 0 Å². The second-order valence-electron chi connectivity index (χ2n) is 4.06. The molecule has 7 heteroatoms. The van der Waals surface area contributed by atoms with Crippen LogP contribution in [0.25, 0.3) is 0 Å². The number of carbonyl (C=O) groups is 1. The Kier molecular flexibility index (Phi) is 5.82. The highest BCUT2D eigenvalue weighted by atomic mass is 19.4. The Morgan fingerprint density at radius 3 is 2.55 bits per heavy atom. The minimum Gasteiger partial charge on any atom is -0.491 e. The predicted molar refractivity (Wildman–Crippen MR) is 64.8 cm³/mol. The second kappa shape index (κ2) is 7.14. The van der Waals surface area contributed by atoms with Crippen molar-refractivity contribution in [1.29, 1.82) is 0 Å². The highest BCUT2D eigenvalue weighted by Gasteiger charge is 2.34. The molecule has 0 aliphatic carbocycles. The third-order valence-electron chi connectivity index (χ3n) is 2.52. The maximum Gasteiger partial charge on any atom is 0.419 e. The lowest BCUT2D eigenvalue weighted by Crippen LogP contribution is -2.12. The lowest BCUT2D eigenvalue weighted by atomic mass is 10.1. The summed E-state index contributed by atoms with van der Waals surface area (Å²) in [5, 5.41) is 8.54. The van der Waals surface area contributed by atoms with E-state index in [1.165, 1.54) is 19.2 Å². The molecule has 0 bridgehead atoms. The van der Waals surface area contributed by atoms with Gasteiger partial charge in [-0.15, -0.1) is 0 Å². The molecular weight excluding hydrogens is 277 g/mol. The summed E-state index contributed by atoms with van der Waals surface area (Å²) in [6.07, 6.45) is -4.74. The summed E-state index contributed by atoms with van der Waals surface area (Å²) in [6.45, 7) is 0.187. The SMILES string of the molecule is COCCOc1ccc(CCC(=O)O)cc1C(F)(F)F. The zero-order valence-corrected chi connectivity index (χ0v) is 10.9. The van der Waals surface area contributed by atoms with Crippen molar-refractivity contribution in [2.45, 2.75) is 19.0 Å². The number of methoxy groups -OCH3 is 1. The molecule has 0 heterocycles. The Morgan fingerprint density at radius 2 is 2.00 bits per heavy atom. The van der Waals surface area contributed by atoms with E-state index in [4.69, 9.17) is 14.6 Å². The number of ether oxygens (including phenoxy) is 2. The van der Waals surface area contributed by atoms with E-state index < -0.39 is 17.7 Å². The number of aliphatic carboxylic acids is 1. The van der Waals surface area contributed by atoms with E-state index in [1.54, 1.807) is 0 Å². The number of carboxylic acids is 1. The molecule has 1 rings (SSSR count). The molecule has 20 heavy (non-hydrogen) atoms.